The van der Waals surface area contributed by atoms with Crippen LogP contribution in [-0.2, 0) is 23.1 Å². The van der Waals surface area contributed by atoms with E-state index in [2.05, 4.69) is 0 Å². The van der Waals surface area contributed by atoms with Gasteiger partial charge in [0.1, 0.15) is 0 Å². The number of ether oxygens (including phenoxy) is 2. The molecule has 0 atom stereocenters. The van der Waals surface area contributed by atoms with E-state index in [0.29, 0.717) is 13.2 Å². The Labute approximate surface area is 90.6 Å². The predicted molar refractivity (Wildman–Crippen MR) is 55.7 cm³/mol. The van der Waals surface area contributed by atoms with Crippen LogP contribution in [0, 0.1) is 0 Å². The minimum Gasteiger partial charge on any atom is -0.340 e. The van der Waals surface area contributed by atoms with Gasteiger partial charge in [0.25, 0.3) is 6.03 Å². The Morgan fingerprint density at radius 3 is 1.80 bits per heavy atom. The summed E-state index contributed by atoms with van der Waals surface area (Å²) in [6, 6.07) is -0.873. The van der Waals surface area contributed by atoms with Crippen molar-refractivity contribution in [3.63, 3.8) is 0 Å². The SMILES string of the molecule is CC(C)OP(=O)(OC(C)C)C1OCCO1. The summed E-state index contributed by atoms with van der Waals surface area (Å²) in [5, 5.41) is 0. The summed E-state index contributed by atoms with van der Waals surface area (Å²) in [5.74, 6) is 0. The largest absolute Gasteiger partial charge is 0.386 e. The predicted octanol–water partition coefficient (Wildman–Crippen LogP) is 2.36. The van der Waals surface area contributed by atoms with Gasteiger partial charge in [-0.05, 0) is 27.7 Å². The molecule has 0 saturated carbocycles. The fraction of sp³-hybridized carbons (Fsp3) is 1.00. The second kappa shape index (κ2) is 5.41. The molecule has 0 unspecified atom stereocenters. The zero-order valence-electron chi connectivity index (χ0n) is 9.63. The van der Waals surface area contributed by atoms with Crippen molar-refractivity contribution < 1.29 is 23.1 Å². The molecule has 1 heterocycles. The van der Waals surface area contributed by atoms with Gasteiger partial charge in [-0.15, -0.1) is 0 Å². The normalized spacial score (nSPS) is 19.3. The van der Waals surface area contributed by atoms with E-state index in [1.165, 1.54) is 0 Å². The quantitative estimate of drug-likeness (QED) is 0.688. The Hall–Kier alpha value is 0.0700. The highest BCUT2D eigenvalue weighted by Gasteiger charge is 2.42. The van der Waals surface area contributed by atoms with Gasteiger partial charge >= 0.3 is 7.60 Å². The maximum atomic E-state index is 12.3. The van der Waals surface area contributed by atoms with Gasteiger partial charge in [0.15, 0.2) is 0 Å². The standard InChI is InChI=1S/C9H19O5P/c1-7(2)13-15(10,14-8(3)4)9-11-5-6-12-9/h7-9H,5-6H2,1-4H3. The number of hydrogen-bond donors (Lipinski definition) is 0. The third kappa shape index (κ3) is 3.85. The lowest BCUT2D eigenvalue weighted by molar-refractivity contribution is -0.0153. The first-order valence-electron chi connectivity index (χ1n) is 5.14. The summed E-state index contributed by atoms with van der Waals surface area (Å²) >= 11 is 0. The van der Waals surface area contributed by atoms with E-state index >= 15 is 0 Å². The van der Waals surface area contributed by atoms with E-state index < -0.39 is 13.6 Å². The molecule has 0 radical (unpaired) electrons. The fourth-order valence-corrected chi connectivity index (χ4v) is 3.24. The molecule has 6 heteroatoms. The first-order chi connectivity index (χ1) is 6.94. The van der Waals surface area contributed by atoms with Crippen molar-refractivity contribution in [2.24, 2.45) is 0 Å². The van der Waals surface area contributed by atoms with E-state index in [1.807, 2.05) is 0 Å². The summed E-state index contributed by atoms with van der Waals surface area (Å²) in [7, 11) is -3.32. The van der Waals surface area contributed by atoms with Gasteiger partial charge in [-0.25, -0.2) is 0 Å². The first kappa shape index (κ1) is 13.1. The summed E-state index contributed by atoms with van der Waals surface area (Å²) in [4.78, 5) is 0. The Kier molecular flexibility index (Phi) is 4.74. The van der Waals surface area contributed by atoms with Crippen LogP contribution >= 0.6 is 7.60 Å². The van der Waals surface area contributed by atoms with Crippen molar-refractivity contribution in [1.29, 1.82) is 0 Å². The molecule has 0 aliphatic carbocycles. The smallest absolute Gasteiger partial charge is 0.340 e. The van der Waals surface area contributed by atoms with Crippen LogP contribution in [0.2, 0.25) is 0 Å². The van der Waals surface area contributed by atoms with Crippen molar-refractivity contribution in [3.8, 4) is 0 Å². The van der Waals surface area contributed by atoms with Gasteiger partial charge in [-0.3, -0.25) is 4.57 Å². The van der Waals surface area contributed by atoms with Crippen LogP contribution in [0.1, 0.15) is 27.7 Å². The van der Waals surface area contributed by atoms with E-state index in [0.717, 1.165) is 0 Å². The van der Waals surface area contributed by atoms with Crippen molar-refractivity contribution in [1.82, 2.24) is 0 Å². The lowest BCUT2D eigenvalue weighted by atomic mass is 10.5. The van der Waals surface area contributed by atoms with Crippen molar-refractivity contribution in [3.05, 3.63) is 0 Å². The second-order valence-electron chi connectivity index (χ2n) is 3.90. The second-order valence-corrected chi connectivity index (χ2v) is 5.82. The summed E-state index contributed by atoms with van der Waals surface area (Å²) in [5.41, 5.74) is 0. The lowest BCUT2D eigenvalue weighted by Crippen LogP contribution is -2.18. The summed E-state index contributed by atoms with van der Waals surface area (Å²) in [6.07, 6.45) is -0.384. The highest BCUT2D eigenvalue weighted by atomic mass is 31.2. The fourth-order valence-electron chi connectivity index (χ4n) is 1.24. The molecular formula is C9H19O5P. The van der Waals surface area contributed by atoms with Crippen LogP contribution < -0.4 is 0 Å². The van der Waals surface area contributed by atoms with Gasteiger partial charge in [0.05, 0.1) is 25.4 Å². The topological polar surface area (TPSA) is 54.0 Å². The van der Waals surface area contributed by atoms with Gasteiger partial charge in [0.2, 0.25) is 0 Å². The summed E-state index contributed by atoms with van der Waals surface area (Å²) < 4.78 is 33.3. The van der Waals surface area contributed by atoms with Gasteiger partial charge in [0, 0.05) is 0 Å². The van der Waals surface area contributed by atoms with Crippen LogP contribution in [0.5, 0.6) is 0 Å². The van der Waals surface area contributed by atoms with E-state index in [1.54, 1.807) is 27.7 Å². The highest BCUT2D eigenvalue weighted by Crippen LogP contribution is 2.56. The molecule has 0 bridgehead atoms. The molecule has 1 aliphatic rings. The Morgan fingerprint density at radius 1 is 1.07 bits per heavy atom. The Balaban J connectivity index is 2.70. The van der Waals surface area contributed by atoms with Crippen LogP contribution in [0.15, 0.2) is 0 Å². The van der Waals surface area contributed by atoms with Crippen molar-refractivity contribution in [2.75, 3.05) is 13.2 Å². The molecule has 1 saturated heterocycles. The molecule has 0 spiro atoms. The maximum Gasteiger partial charge on any atom is 0.386 e. The number of rotatable bonds is 5. The maximum absolute atomic E-state index is 12.3. The third-order valence-corrected chi connectivity index (χ3v) is 3.82. The van der Waals surface area contributed by atoms with Crippen LogP contribution in [0.25, 0.3) is 0 Å². The van der Waals surface area contributed by atoms with Crippen LogP contribution in [0.4, 0.5) is 0 Å². The van der Waals surface area contributed by atoms with E-state index in [4.69, 9.17) is 18.5 Å². The van der Waals surface area contributed by atoms with Crippen molar-refractivity contribution in [2.45, 2.75) is 45.9 Å². The van der Waals surface area contributed by atoms with Gasteiger partial charge < -0.3 is 18.5 Å². The monoisotopic (exact) mass is 238 g/mol. The molecule has 1 aliphatic heterocycles. The number of hydrogen-bond acceptors (Lipinski definition) is 5. The molecule has 0 N–H and O–H groups in total. The molecule has 0 amide bonds. The summed E-state index contributed by atoms with van der Waals surface area (Å²) in [6.45, 7) is 8.04. The van der Waals surface area contributed by atoms with Crippen molar-refractivity contribution >= 4 is 7.60 Å². The van der Waals surface area contributed by atoms with E-state index in [9.17, 15) is 4.57 Å². The molecule has 0 aromatic heterocycles. The zero-order valence-corrected chi connectivity index (χ0v) is 10.5. The average molecular weight is 238 g/mol. The van der Waals surface area contributed by atoms with Gasteiger partial charge in [-0.2, -0.15) is 0 Å². The Bertz CT molecular complexity index is 221. The van der Waals surface area contributed by atoms with E-state index in [-0.39, 0.29) is 12.2 Å². The molecule has 1 fully saturated rings. The molecule has 0 aromatic carbocycles. The zero-order chi connectivity index (χ0) is 11.5. The first-order valence-corrected chi connectivity index (χ1v) is 6.75. The average Bonchev–Trinajstić information content (AvgIpc) is 2.51. The molecular weight excluding hydrogens is 219 g/mol. The molecule has 90 valence electrons. The molecule has 0 aromatic rings. The minimum absolute atomic E-state index is 0.192. The lowest BCUT2D eigenvalue weighted by Gasteiger charge is -2.25. The van der Waals surface area contributed by atoms with Crippen LogP contribution in [-0.4, -0.2) is 31.5 Å². The van der Waals surface area contributed by atoms with Crippen LogP contribution in [0.3, 0.4) is 0 Å². The minimum atomic E-state index is -3.32. The highest BCUT2D eigenvalue weighted by molar-refractivity contribution is 7.54. The third-order valence-electron chi connectivity index (χ3n) is 1.58. The Morgan fingerprint density at radius 2 is 1.47 bits per heavy atom. The molecule has 15 heavy (non-hydrogen) atoms. The molecule has 1 rings (SSSR count). The van der Waals surface area contributed by atoms with Gasteiger partial charge in [-0.1, -0.05) is 0 Å². The molecule has 5 nitrogen and oxygen atoms in total.